The number of anilines is 1. The highest BCUT2D eigenvalue weighted by molar-refractivity contribution is 7.14. The van der Waals surface area contributed by atoms with Crippen LogP contribution in [0.4, 0.5) is 13.9 Å². The van der Waals surface area contributed by atoms with Crippen molar-refractivity contribution in [3.63, 3.8) is 0 Å². The van der Waals surface area contributed by atoms with Gasteiger partial charge in [-0.05, 0) is 54.3 Å². The fourth-order valence-electron chi connectivity index (χ4n) is 2.85. The minimum absolute atomic E-state index is 0.0747. The molecule has 1 heterocycles. The van der Waals surface area contributed by atoms with Crippen molar-refractivity contribution in [2.24, 2.45) is 5.92 Å². The number of rotatable bonds is 4. The van der Waals surface area contributed by atoms with E-state index in [2.05, 4.69) is 10.3 Å². The maximum Gasteiger partial charge on any atom is 0.229 e. The van der Waals surface area contributed by atoms with Crippen LogP contribution in [-0.2, 0) is 4.79 Å². The molecule has 1 aliphatic carbocycles. The SMILES string of the molecule is O=C(Nc1nc(-c2ccc(F)cc2)cs1)[C@H]1C[C@@H]1c1ccc(F)cc1. The van der Waals surface area contributed by atoms with Crippen molar-refractivity contribution in [3.05, 3.63) is 71.1 Å². The van der Waals surface area contributed by atoms with E-state index in [9.17, 15) is 13.6 Å². The van der Waals surface area contributed by atoms with Crippen molar-refractivity contribution in [3.8, 4) is 11.3 Å². The van der Waals surface area contributed by atoms with Gasteiger partial charge in [0.15, 0.2) is 5.13 Å². The molecule has 0 aliphatic heterocycles. The molecule has 1 aliphatic rings. The monoisotopic (exact) mass is 356 g/mol. The van der Waals surface area contributed by atoms with Crippen LogP contribution in [0.15, 0.2) is 53.9 Å². The number of amides is 1. The zero-order valence-corrected chi connectivity index (χ0v) is 13.9. The number of nitrogens with one attached hydrogen (secondary N) is 1. The number of carbonyl (C=O) groups is 1. The van der Waals surface area contributed by atoms with Gasteiger partial charge < -0.3 is 5.32 Å². The zero-order chi connectivity index (χ0) is 17.4. The molecular formula is C19H14F2N2OS. The van der Waals surface area contributed by atoms with Crippen LogP contribution in [0.5, 0.6) is 0 Å². The van der Waals surface area contributed by atoms with E-state index in [-0.39, 0.29) is 29.4 Å². The molecule has 3 aromatic rings. The van der Waals surface area contributed by atoms with E-state index in [1.54, 1.807) is 24.3 Å². The van der Waals surface area contributed by atoms with E-state index in [1.165, 1.54) is 35.6 Å². The van der Waals surface area contributed by atoms with E-state index < -0.39 is 0 Å². The molecular weight excluding hydrogens is 342 g/mol. The Kier molecular flexibility index (Phi) is 4.05. The van der Waals surface area contributed by atoms with Gasteiger partial charge in [-0.25, -0.2) is 13.8 Å². The van der Waals surface area contributed by atoms with Gasteiger partial charge in [-0.15, -0.1) is 11.3 Å². The molecule has 2 aromatic carbocycles. The van der Waals surface area contributed by atoms with Gasteiger partial charge in [0, 0.05) is 16.9 Å². The van der Waals surface area contributed by atoms with E-state index in [1.807, 2.05) is 5.38 Å². The molecule has 126 valence electrons. The average molecular weight is 356 g/mol. The minimum atomic E-state index is -0.298. The molecule has 4 rings (SSSR count). The number of benzene rings is 2. The summed E-state index contributed by atoms with van der Waals surface area (Å²) >= 11 is 1.33. The summed E-state index contributed by atoms with van der Waals surface area (Å²) in [6.07, 6.45) is 0.758. The molecule has 1 fully saturated rings. The first-order valence-corrected chi connectivity index (χ1v) is 8.76. The van der Waals surface area contributed by atoms with Gasteiger partial charge in [0.05, 0.1) is 5.69 Å². The van der Waals surface area contributed by atoms with Gasteiger partial charge in [0.25, 0.3) is 0 Å². The number of hydrogen-bond acceptors (Lipinski definition) is 3. The maximum atomic E-state index is 13.0. The second kappa shape index (κ2) is 6.37. The third kappa shape index (κ3) is 3.44. The fraction of sp³-hybridized carbons (Fsp3) is 0.158. The molecule has 0 bridgehead atoms. The predicted octanol–water partition coefficient (Wildman–Crippen LogP) is 4.83. The van der Waals surface area contributed by atoms with Gasteiger partial charge in [-0.1, -0.05) is 12.1 Å². The molecule has 0 saturated heterocycles. The lowest BCUT2D eigenvalue weighted by Crippen LogP contribution is -2.14. The lowest BCUT2D eigenvalue weighted by atomic mass is 10.1. The van der Waals surface area contributed by atoms with E-state index in [4.69, 9.17) is 0 Å². The summed E-state index contributed by atoms with van der Waals surface area (Å²) in [6.45, 7) is 0. The van der Waals surface area contributed by atoms with Crippen LogP contribution in [0.2, 0.25) is 0 Å². The van der Waals surface area contributed by atoms with Crippen LogP contribution in [0.3, 0.4) is 0 Å². The van der Waals surface area contributed by atoms with Gasteiger partial charge in [-0.3, -0.25) is 4.79 Å². The average Bonchev–Trinajstić information content (AvgIpc) is 3.28. The van der Waals surface area contributed by atoms with Crippen LogP contribution in [0.1, 0.15) is 17.9 Å². The maximum absolute atomic E-state index is 13.0. The van der Waals surface area contributed by atoms with Gasteiger partial charge in [0.1, 0.15) is 11.6 Å². The zero-order valence-electron chi connectivity index (χ0n) is 13.1. The van der Waals surface area contributed by atoms with Crippen molar-refractivity contribution in [2.45, 2.75) is 12.3 Å². The topological polar surface area (TPSA) is 42.0 Å². The number of nitrogens with zero attached hydrogens (tertiary/aromatic N) is 1. The van der Waals surface area contributed by atoms with Crippen LogP contribution in [0, 0.1) is 17.6 Å². The summed E-state index contributed by atoms with van der Waals surface area (Å²) in [5.41, 5.74) is 2.48. The quantitative estimate of drug-likeness (QED) is 0.727. The lowest BCUT2D eigenvalue weighted by molar-refractivity contribution is -0.117. The lowest BCUT2D eigenvalue weighted by Gasteiger charge is -2.02. The van der Waals surface area contributed by atoms with Crippen molar-refractivity contribution >= 4 is 22.4 Å². The van der Waals surface area contributed by atoms with Crippen LogP contribution in [-0.4, -0.2) is 10.9 Å². The molecule has 1 amide bonds. The normalized spacial score (nSPS) is 18.8. The Labute approximate surface area is 147 Å². The summed E-state index contributed by atoms with van der Waals surface area (Å²) in [4.78, 5) is 16.7. The number of halogens is 2. The van der Waals surface area contributed by atoms with E-state index in [0.29, 0.717) is 10.8 Å². The number of aromatic nitrogens is 1. The molecule has 0 spiro atoms. The second-order valence-corrected chi connectivity index (χ2v) is 6.89. The standard InChI is InChI=1S/C19H14F2N2OS/c20-13-5-1-11(2-6-13)15-9-16(15)18(24)23-19-22-17(10-25-19)12-3-7-14(21)8-4-12/h1-8,10,15-16H,9H2,(H,22,23,24)/t15-,16+/m1/s1. The number of hydrogen-bond donors (Lipinski definition) is 1. The van der Waals surface area contributed by atoms with E-state index >= 15 is 0 Å². The molecule has 0 radical (unpaired) electrons. The van der Waals surface area contributed by atoms with Gasteiger partial charge >= 0.3 is 0 Å². The second-order valence-electron chi connectivity index (χ2n) is 6.03. The summed E-state index contributed by atoms with van der Waals surface area (Å²) in [6, 6.07) is 12.3. The Balaban J connectivity index is 1.40. The molecule has 0 unspecified atom stereocenters. The minimum Gasteiger partial charge on any atom is -0.302 e. The first-order valence-electron chi connectivity index (χ1n) is 7.88. The van der Waals surface area contributed by atoms with Crippen LogP contribution in [0.25, 0.3) is 11.3 Å². The van der Waals surface area contributed by atoms with E-state index in [0.717, 1.165) is 17.5 Å². The summed E-state index contributed by atoms with van der Waals surface area (Å²) in [5, 5.41) is 5.19. The summed E-state index contributed by atoms with van der Waals surface area (Å²) < 4.78 is 25.9. The van der Waals surface area contributed by atoms with Gasteiger partial charge in [-0.2, -0.15) is 0 Å². The smallest absolute Gasteiger partial charge is 0.229 e. The first kappa shape index (κ1) is 15.9. The van der Waals surface area contributed by atoms with Gasteiger partial charge in [0.2, 0.25) is 5.91 Å². The molecule has 25 heavy (non-hydrogen) atoms. The van der Waals surface area contributed by atoms with Crippen LogP contribution < -0.4 is 5.32 Å². The number of carbonyl (C=O) groups excluding carboxylic acids is 1. The Morgan fingerprint density at radius 2 is 1.68 bits per heavy atom. The highest BCUT2D eigenvalue weighted by Gasteiger charge is 2.44. The Hall–Kier alpha value is -2.60. The molecule has 1 saturated carbocycles. The van der Waals surface area contributed by atoms with Crippen LogP contribution >= 0.6 is 11.3 Å². The molecule has 1 aromatic heterocycles. The highest BCUT2D eigenvalue weighted by Crippen LogP contribution is 2.48. The molecule has 1 N–H and O–H groups in total. The Morgan fingerprint density at radius 1 is 1.04 bits per heavy atom. The third-order valence-electron chi connectivity index (χ3n) is 4.30. The summed E-state index contributed by atoms with van der Waals surface area (Å²) in [5.74, 6) is -0.621. The van der Waals surface area contributed by atoms with Crippen molar-refractivity contribution in [2.75, 3.05) is 5.32 Å². The van der Waals surface area contributed by atoms with Crippen molar-refractivity contribution < 1.29 is 13.6 Å². The third-order valence-corrected chi connectivity index (χ3v) is 5.06. The number of thiazole rings is 1. The predicted molar refractivity (Wildman–Crippen MR) is 93.4 cm³/mol. The molecule has 6 heteroatoms. The van der Waals surface area contributed by atoms with Crippen molar-refractivity contribution in [1.82, 2.24) is 4.98 Å². The highest BCUT2D eigenvalue weighted by atomic mass is 32.1. The summed E-state index contributed by atoms with van der Waals surface area (Å²) in [7, 11) is 0. The Bertz CT molecular complexity index is 906. The first-order chi connectivity index (χ1) is 12.1. The molecule has 3 nitrogen and oxygen atoms in total. The molecule has 2 atom stereocenters. The largest absolute Gasteiger partial charge is 0.302 e. The van der Waals surface area contributed by atoms with Crippen molar-refractivity contribution in [1.29, 1.82) is 0 Å². The Morgan fingerprint density at radius 3 is 2.36 bits per heavy atom. The fourth-order valence-corrected chi connectivity index (χ4v) is 3.57.